The molecule has 340 valence electrons. The van der Waals surface area contributed by atoms with Gasteiger partial charge in [-0.2, -0.15) is 0 Å². The lowest BCUT2D eigenvalue weighted by atomic mass is 9.52. The maximum Gasteiger partial charge on any atom is 0.178 e. The number of hydrogen-bond donors (Lipinski definition) is 0. The zero-order chi connectivity index (χ0) is 45.4. The Labute approximate surface area is 390 Å². The molecule has 11 rings (SSSR count). The minimum Gasteiger partial charge on any atom is -0.497 e. The minimum atomic E-state index is -0.950. The maximum atomic E-state index is 8.04. The van der Waals surface area contributed by atoms with E-state index in [0.29, 0.717) is 24.7 Å². The Hall–Kier alpha value is -5.96. The van der Waals surface area contributed by atoms with Crippen molar-refractivity contribution in [3.63, 3.8) is 0 Å². The monoisotopic (exact) mass is 882 g/mol. The molecule has 1 spiro atoms. The van der Waals surface area contributed by atoms with Crippen molar-refractivity contribution in [2.24, 2.45) is 10.8 Å². The summed E-state index contributed by atoms with van der Waals surface area (Å²) in [6.07, 6.45) is 8.01. The number of nitrogens with zero attached hydrogens (tertiary/aromatic N) is 2. The summed E-state index contributed by atoms with van der Waals surface area (Å²) in [6, 6.07) is 37.9. The van der Waals surface area contributed by atoms with Gasteiger partial charge >= 0.3 is 0 Å². The molecule has 5 aliphatic rings. The van der Waals surface area contributed by atoms with Crippen LogP contribution in [0.5, 0.6) is 23.0 Å². The van der Waals surface area contributed by atoms with E-state index in [9.17, 15) is 0 Å². The normalized spacial score (nSPS) is 21.2. The van der Waals surface area contributed by atoms with E-state index in [-0.39, 0.29) is 16.2 Å². The Bertz CT molecular complexity index is 2840. The first-order valence-corrected chi connectivity index (χ1v) is 23.8. The third kappa shape index (κ3) is 6.93. The van der Waals surface area contributed by atoms with Crippen LogP contribution in [-0.4, -0.2) is 73.9 Å². The highest BCUT2D eigenvalue weighted by Gasteiger charge is 2.55. The first-order valence-electron chi connectivity index (χ1n) is 23.8. The number of morpholine rings is 2. The molecule has 8 heteroatoms. The topological polar surface area (TPSA) is 61.9 Å². The van der Waals surface area contributed by atoms with Gasteiger partial charge in [0.05, 0.1) is 47.8 Å². The average Bonchev–Trinajstić information content (AvgIpc) is 3.60. The molecule has 1 unspecified atom stereocenters. The zero-order valence-electron chi connectivity index (χ0n) is 39.6. The van der Waals surface area contributed by atoms with E-state index in [4.69, 9.17) is 28.4 Å². The van der Waals surface area contributed by atoms with Gasteiger partial charge in [-0.05, 0) is 118 Å². The molecule has 3 aliphatic heterocycles. The van der Waals surface area contributed by atoms with Crippen molar-refractivity contribution in [3.05, 3.63) is 137 Å². The molecule has 0 N–H and O–H groups in total. The van der Waals surface area contributed by atoms with Crippen LogP contribution in [0.4, 0.5) is 11.4 Å². The molecule has 1 atom stereocenters. The summed E-state index contributed by atoms with van der Waals surface area (Å²) in [6.45, 7) is 16.0. The van der Waals surface area contributed by atoms with Crippen LogP contribution < -0.4 is 28.7 Å². The summed E-state index contributed by atoms with van der Waals surface area (Å²) < 4.78 is 37.1. The second-order valence-electron chi connectivity index (χ2n) is 20.6. The molecule has 6 aromatic rings. The number of hydrogen-bond acceptors (Lipinski definition) is 8. The van der Waals surface area contributed by atoms with Gasteiger partial charge in [0.15, 0.2) is 17.1 Å². The molecule has 0 bridgehead atoms. The first-order chi connectivity index (χ1) is 32.0. The minimum absolute atomic E-state index is 0.0949. The molecular formula is C58H62N2O6. The van der Waals surface area contributed by atoms with Crippen LogP contribution in [0.25, 0.3) is 39.1 Å². The molecular weight excluding hydrogens is 821 g/mol. The van der Waals surface area contributed by atoms with Crippen LogP contribution in [0.1, 0.15) is 74.8 Å². The molecule has 3 fully saturated rings. The first kappa shape index (κ1) is 42.7. The fraction of sp³-hybridized carbons (Fsp3) is 0.379. The number of fused-ring (bicyclic) bond motifs is 10. The van der Waals surface area contributed by atoms with Gasteiger partial charge in [0, 0.05) is 70.6 Å². The number of rotatable bonds is 8. The highest BCUT2D eigenvalue weighted by atomic mass is 16.5. The highest BCUT2D eigenvalue weighted by molar-refractivity contribution is 6.12. The van der Waals surface area contributed by atoms with Crippen LogP contribution in [0.15, 0.2) is 109 Å². The van der Waals surface area contributed by atoms with Gasteiger partial charge in [0.25, 0.3) is 0 Å². The third-order valence-electron chi connectivity index (χ3n) is 15.1. The Balaban J connectivity index is 1.23. The van der Waals surface area contributed by atoms with Gasteiger partial charge in [0.1, 0.15) is 11.5 Å². The van der Waals surface area contributed by atoms with Crippen molar-refractivity contribution in [1.82, 2.24) is 0 Å². The maximum absolute atomic E-state index is 8.04. The summed E-state index contributed by atoms with van der Waals surface area (Å²) >= 11 is 0. The summed E-state index contributed by atoms with van der Waals surface area (Å²) in [5.74, 6) is 3.13. The summed E-state index contributed by atoms with van der Waals surface area (Å²) in [7, 11) is 5.13. The van der Waals surface area contributed by atoms with Crippen molar-refractivity contribution in [2.75, 3.05) is 83.7 Å². The van der Waals surface area contributed by atoms with Crippen molar-refractivity contribution in [1.29, 1.82) is 0 Å². The van der Waals surface area contributed by atoms with Gasteiger partial charge < -0.3 is 38.2 Å². The number of benzene rings is 6. The van der Waals surface area contributed by atoms with Crippen molar-refractivity contribution in [3.8, 4) is 45.3 Å². The molecule has 8 nitrogen and oxygen atoms in total. The second-order valence-corrected chi connectivity index (χ2v) is 20.6. The lowest BCUT2D eigenvalue weighted by Gasteiger charge is -2.52. The van der Waals surface area contributed by atoms with Gasteiger partial charge in [-0.3, -0.25) is 0 Å². The smallest absolute Gasteiger partial charge is 0.178 e. The molecule has 2 aliphatic carbocycles. The predicted molar refractivity (Wildman–Crippen MR) is 266 cm³/mol. The van der Waals surface area contributed by atoms with E-state index in [0.717, 1.165) is 103 Å². The fourth-order valence-corrected chi connectivity index (χ4v) is 13.0. The molecule has 1 saturated carbocycles. The Morgan fingerprint density at radius 3 is 1.86 bits per heavy atom. The van der Waals surface area contributed by atoms with E-state index in [2.05, 4.69) is 147 Å². The third-order valence-corrected chi connectivity index (χ3v) is 15.1. The van der Waals surface area contributed by atoms with Crippen LogP contribution >= 0.6 is 0 Å². The summed E-state index contributed by atoms with van der Waals surface area (Å²) in [4.78, 5) is 4.89. The van der Waals surface area contributed by atoms with Crippen LogP contribution in [0.2, 0.25) is 0 Å². The number of ether oxygens (including phenoxy) is 6. The van der Waals surface area contributed by atoms with Crippen molar-refractivity contribution >= 4 is 28.2 Å². The van der Waals surface area contributed by atoms with Gasteiger partial charge in [-0.1, -0.05) is 88.4 Å². The molecule has 66 heavy (non-hydrogen) atoms. The lowest BCUT2D eigenvalue weighted by Crippen LogP contribution is -2.44. The summed E-state index contributed by atoms with van der Waals surface area (Å²) in [5.41, 5.74) is 12.3. The Morgan fingerprint density at radius 1 is 0.576 bits per heavy atom. The van der Waals surface area contributed by atoms with Crippen LogP contribution in [-0.2, 0) is 20.5 Å². The number of methoxy groups -OCH3 is 3. The molecule has 0 radical (unpaired) electrons. The molecule has 3 heterocycles. The van der Waals surface area contributed by atoms with Gasteiger partial charge in [-0.15, -0.1) is 0 Å². The number of anilines is 2. The van der Waals surface area contributed by atoms with Crippen molar-refractivity contribution < 1.29 is 28.4 Å². The fourth-order valence-electron chi connectivity index (χ4n) is 13.0. The second kappa shape index (κ2) is 16.1. The van der Waals surface area contributed by atoms with E-state index < -0.39 is 5.60 Å². The van der Waals surface area contributed by atoms with E-state index in [1.165, 1.54) is 38.9 Å². The molecule has 0 aromatic heterocycles. The van der Waals surface area contributed by atoms with Crippen LogP contribution in [0, 0.1) is 10.8 Å². The standard InChI is InChI=1S/C58H62N2O6/c1-55(2)35-56(3,4)37-57(36-55)48-11-9-8-10-43(48)52-46-33-45(38-12-21-50(62-6)51(32-38)63-7)49(60-26-30-65-31-27-60)34-47(46)54-44(53(52)57)22-23-58(66-54,40-15-19-42(61-5)20-16-40)39-13-17-41(18-14-39)59-24-28-64-29-25-59/h8-23,32-34H,24-31,35-37H2,1-7H3. The quantitative estimate of drug-likeness (QED) is 0.150. The van der Waals surface area contributed by atoms with Gasteiger partial charge in [-0.25, -0.2) is 0 Å². The van der Waals surface area contributed by atoms with E-state index >= 15 is 0 Å². The Morgan fingerprint density at radius 2 is 1.21 bits per heavy atom. The molecule has 0 amide bonds. The molecule has 2 saturated heterocycles. The largest absolute Gasteiger partial charge is 0.497 e. The van der Waals surface area contributed by atoms with Crippen LogP contribution in [0.3, 0.4) is 0 Å². The van der Waals surface area contributed by atoms with E-state index in [1.54, 1.807) is 21.3 Å². The SMILES string of the molecule is COc1ccc(C2(c3ccc(N4CCOCC4)cc3)C=Cc3c4c(c5cc(-c6ccc(OC)c(OC)c6)c(N6CCOCC6)cc5c3O2)-c2ccccc2C42CC(C)(C)CC(C)(C)C2)cc1. The summed E-state index contributed by atoms with van der Waals surface area (Å²) in [5, 5.41) is 2.29. The predicted octanol–water partition coefficient (Wildman–Crippen LogP) is 12.1. The molecule has 6 aromatic carbocycles. The van der Waals surface area contributed by atoms with Crippen molar-refractivity contribution in [2.45, 2.75) is 58.0 Å². The average molecular weight is 883 g/mol. The highest BCUT2D eigenvalue weighted by Crippen LogP contribution is 2.67. The van der Waals surface area contributed by atoms with Gasteiger partial charge in [0.2, 0.25) is 0 Å². The van der Waals surface area contributed by atoms with E-state index in [1.807, 2.05) is 6.07 Å². The zero-order valence-corrected chi connectivity index (χ0v) is 39.6. The Kier molecular flexibility index (Phi) is 10.4. The lowest BCUT2D eigenvalue weighted by molar-refractivity contribution is 0.0642.